The van der Waals surface area contributed by atoms with Crippen molar-refractivity contribution in [3.8, 4) is 0 Å². The van der Waals surface area contributed by atoms with Crippen molar-refractivity contribution in [1.82, 2.24) is 4.98 Å². The first-order valence-corrected chi connectivity index (χ1v) is 6.85. The molecule has 1 saturated heterocycles. The number of pyridine rings is 1. The molecule has 18 heavy (non-hydrogen) atoms. The molecule has 0 aliphatic carbocycles. The first-order chi connectivity index (χ1) is 8.78. The summed E-state index contributed by atoms with van der Waals surface area (Å²) in [5.41, 5.74) is 0. The van der Waals surface area contributed by atoms with Crippen molar-refractivity contribution >= 4 is 45.1 Å². The zero-order valence-electron chi connectivity index (χ0n) is 9.56. The van der Waals surface area contributed by atoms with Crippen molar-refractivity contribution in [2.75, 3.05) is 31.2 Å². The Morgan fingerprint density at radius 2 is 2.17 bits per heavy atom. The number of thiophene rings is 1. The fourth-order valence-corrected chi connectivity index (χ4v) is 3.24. The molecule has 94 valence electrons. The number of morpholine rings is 1. The van der Waals surface area contributed by atoms with E-state index < -0.39 is 0 Å². The summed E-state index contributed by atoms with van der Waals surface area (Å²) in [7, 11) is 0. The quantitative estimate of drug-likeness (QED) is 0.627. The van der Waals surface area contributed by atoms with Crippen molar-refractivity contribution < 1.29 is 9.53 Å². The second kappa shape index (κ2) is 4.84. The lowest BCUT2D eigenvalue weighted by Gasteiger charge is -2.28. The zero-order chi connectivity index (χ0) is 12.5. The van der Waals surface area contributed by atoms with Crippen LogP contribution in [0.15, 0.2) is 12.1 Å². The Kier molecular flexibility index (Phi) is 3.20. The molecule has 3 heterocycles. The molecular weight excluding hydrogens is 272 g/mol. The van der Waals surface area contributed by atoms with E-state index in [1.54, 1.807) is 6.07 Å². The van der Waals surface area contributed by atoms with Crippen LogP contribution in [0.5, 0.6) is 0 Å². The van der Waals surface area contributed by atoms with E-state index >= 15 is 0 Å². The molecule has 0 saturated carbocycles. The molecule has 4 nitrogen and oxygen atoms in total. The number of anilines is 1. The molecule has 0 atom stereocenters. The predicted octanol–water partition coefficient (Wildman–Crippen LogP) is 2.60. The number of halogens is 1. The maximum atomic E-state index is 10.9. The molecule has 0 N–H and O–H groups in total. The molecule has 0 aromatic carbocycles. The first kappa shape index (κ1) is 11.9. The van der Waals surface area contributed by atoms with E-state index in [0.29, 0.717) is 23.2 Å². The number of nitrogens with zero attached hydrogens (tertiary/aromatic N) is 2. The van der Waals surface area contributed by atoms with E-state index in [1.807, 2.05) is 6.07 Å². The minimum absolute atomic E-state index is 0.458. The van der Waals surface area contributed by atoms with E-state index in [1.165, 1.54) is 11.3 Å². The number of fused-ring (bicyclic) bond motifs is 1. The van der Waals surface area contributed by atoms with E-state index in [2.05, 4.69) is 9.88 Å². The third-order valence-corrected chi connectivity index (χ3v) is 4.16. The topological polar surface area (TPSA) is 42.4 Å². The molecule has 0 amide bonds. The minimum Gasteiger partial charge on any atom is -0.378 e. The average Bonchev–Trinajstić information content (AvgIpc) is 2.81. The predicted molar refractivity (Wildman–Crippen MR) is 73.0 cm³/mol. The van der Waals surface area contributed by atoms with Gasteiger partial charge in [-0.15, -0.1) is 11.3 Å². The van der Waals surface area contributed by atoms with Crippen LogP contribution in [0.3, 0.4) is 0 Å². The highest BCUT2D eigenvalue weighted by Gasteiger charge is 2.18. The number of carbonyl (C=O) groups excluding carboxylic acids is 1. The van der Waals surface area contributed by atoms with Gasteiger partial charge < -0.3 is 9.64 Å². The first-order valence-electron chi connectivity index (χ1n) is 5.66. The highest BCUT2D eigenvalue weighted by atomic mass is 35.5. The summed E-state index contributed by atoms with van der Waals surface area (Å²) in [6, 6.07) is 3.65. The van der Waals surface area contributed by atoms with E-state index in [4.69, 9.17) is 16.3 Å². The number of hydrogen-bond acceptors (Lipinski definition) is 5. The molecular formula is C12H11ClN2O2S. The second-order valence-corrected chi connectivity index (χ2v) is 5.52. The van der Waals surface area contributed by atoms with Crippen LogP contribution >= 0.6 is 22.9 Å². The van der Waals surface area contributed by atoms with E-state index in [9.17, 15) is 4.79 Å². The monoisotopic (exact) mass is 282 g/mol. The number of aldehydes is 1. The van der Waals surface area contributed by atoms with Gasteiger partial charge in [0.05, 0.1) is 22.8 Å². The van der Waals surface area contributed by atoms with Crippen molar-refractivity contribution in [2.24, 2.45) is 0 Å². The van der Waals surface area contributed by atoms with Crippen molar-refractivity contribution in [3.05, 3.63) is 22.2 Å². The van der Waals surface area contributed by atoms with Crippen LogP contribution in [0.25, 0.3) is 10.1 Å². The van der Waals surface area contributed by atoms with Crippen molar-refractivity contribution in [3.63, 3.8) is 0 Å². The summed E-state index contributed by atoms with van der Waals surface area (Å²) in [5, 5.41) is 1.43. The molecule has 1 aliphatic rings. The third kappa shape index (κ3) is 2.09. The van der Waals surface area contributed by atoms with Gasteiger partial charge in [0.2, 0.25) is 0 Å². The van der Waals surface area contributed by atoms with Gasteiger partial charge in [-0.25, -0.2) is 4.98 Å². The highest BCUT2D eigenvalue weighted by molar-refractivity contribution is 7.21. The van der Waals surface area contributed by atoms with Gasteiger partial charge in [-0.2, -0.15) is 0 Å². The number of rotatable bonds is 2. The fraction of sp³-hybridized carbons (Fsp3) is 0.333. The molecule has 0 bridgehead atoms. The van der Waals surface area contributed by atoms with E-state index in [-0.39, 0.29) is 0 Å². The molecule has 2 aromatic heterocycles. The molecule has 3 rings (SSSR count). The molecule has 1 fully saturated rings. The zero-order valence-corrected chi connectivity index (χ0v) is 11.1. The van der Waals surface area contributed by atoms with Crippen LogP contribution in [0.4, 0.5) is 5.82 Å². The van der Waals surface area contributed by atoms with E-state index in [0.717, 1.165) is 35.3 Å². The maximum absolute atomic E-state index is 10.9. The molecule has 6 heteroatoms. The number of ether oxygens (including phenoxy) is 1. The Labute approximate surface area is 113 Å². The largest absolute Gasteiger partial charge is 0.378 e. The minimum atomic E-state index is 0.458. The summed E-state index contributed by atoms with van der Waals surface area (Å²) >= 11 is 7.50. The van der Waals surface area contributed by atoms with Crippen LogP contribution in [0, 0.1) is 0 Å². The lowest BCUT2D eigenvalue weighted by molar-refractivity contribution is 0.112. The van der Waals surface area contributed by atoms with Crippen molar-refractivity contribution in [1.29, 1.82) is 0 Å². The van der Waals surface area contributed by atoms with Gasteiger partial charge in [0.25, 0.3) is 0 Å². The molecule has 0 radical (unpaired) electrons. The maximum Gasteiger partial charge on any atom is 0.160 e. The average molecular weight is 283 g/mol. The van der Waals surface area contributed by atoms with Gasteiger partial charge in [0, 0.05) is 13.1 Å². The third-order valence-electron chi connectivity index (χ3n) is 2.90. The smallest absolute Gasteiger partial charge is 0.160 e. The number of hydrogen-bond donors (Lipinski definition) is 0. The Hall–Kier alpha value is -1.17. The Morgan fingerprint density at radius 1 is 1.39 bits per heavy atom. The SMILES string of the molecule is O=Cc1cc2cc(Cl)nc(N3CCOCC3)c2s1. The normalized spacial score (nSPS) is 16.2. The van der Waals surface area contributed by atoms with Gasteiger partial charge in [-0.1, -0.05) is 11.6 Å². The molecule has 0 spiro atoms. The fourth-order valence-electron chi connectivity index (χ4n) is 2.07. The summed E-state index contributed by atoms with van der Waals surface area (Å²) in [6.07, 6.45) is 0.863. The van der Waals surface area contributed by atoms with Crippen LogP contribution in [-0.2, 0) is 4.74 Å². The Bertz CT molecular complexity index is 593. The van der Waals surface area contributed by atoms with Crippen LogP contribution in [-0.4, -0.2) is 37.6 Å². The van der Waals surface area contributed by atoms with Gasteiger partial charge >= 0.3 is 0 Å². The molecule has 1 aliphatic heterocycles. The lowest BCUT2D eigenvalue weighted by Crippen LogP contribution is -2.36. The van der Waals surface area contributed by atoms with Gasteiger partial charge in [0.1, 0.15) is 11.0 Å². The summed E-state index contributed by atoms with van der Waals surface area (Å²) < 4.78 is 6.35. The highest BCUT2D eigenvalue weighted by Crippen LogP contribution is 2.34. The van der Waals surface area contributed by atoms with Crippen LogP contribution in [0.2, 0.25) is 5.15 Å². The van der Waals surface area contributed by atoms with Crippen molar-refractivity contribution in [2.45, 2.75) is 0 Å². The standard InChI is InChI=1S/C12H11ClN2O2S/c13-10-6-8-5-9(7-16)18-11(8)12(14-10)15-1-3-17-4-2-15/h5-7H,1-4H2. The van der Waals surface area contributed by atoms with Crippen LogP contribution in [0.1, 0.15) is 9.67 Å². The molecule has 0 unspecified atom stereocenters. The van der Waals surface area contributed by atoms with Gasteiger partial charge in [0.15, 0.2) is 6.29 Å². The Balaban J connectivity index is 2.13. The summed E-state index contributed by atoms with van der Waals surface area (Å²) in [6.45, 7) is 3.00. The number of aromatic nitrogens is 1. The molecule has 2 aromatic rings. The summed E-state index contributed by atoms with van der Waals surface area (Å²) in [5.74, 6) is 0.860. The Morgan fingerprint density at radius 3 is 2.89 bits per heavy atom. The van der Waals surface area contributed by atoms with Gasteiger partial charge in [-0.3, -0.25) is 4.79 Å². The number of carbonyl (C=O) groups is 1. The van der Waals surface area contributed by atoms with Gasteiger partial charge in [-0.05, 0) is 17.5 Å². The second-order valence-electron chi connectivity index (χ2n) is 4.05. The lowest BCUT2D eigenvalue weighted by atomic mass is 10.3. The summed E-state index contributed by atoms with van der Waals surface area (Å²) in [4.78, 5) is 18.1. The van der Waals surface area contributed by atoms with Crippen LogP contribution < -0.4 is 4.90 Å².